The topological polar surface area (TPSA) is 81.7 Å². The van der Waals surface area contributed by atoms with Gasteiger partial charge in [0, 0.05) is 0 Å². The second-order valence-corrected chi connectivity index (χ2v) is 4.75. The zero-order valence-corrected chi connectivity index (χ0v) is 13.0. The number of methoxy groups -OCH3 is 1. The fourth-order valence-corrected chi connectivity index (χ4v) is 1.96. The molecule has 0 saturated carbocycles. The van der Waals surface area contributed by atoms with Crippen LogP contribution in [-0.2, 0) is 9.53 Å². The molecule has 6 nitrogen and oxygen atoms in total. The van der Waals surface area contributed by atoms with Crippen molar-refractivity contribution in [2.24, 2.45) is 0 Å². The van der Waals surface area contributed by atoms with Crippen LogP contribution in [0.3, 0.4) is 0 Å². The molecule has 2 rings (SSSR count). The molecular weight excluding hydrogens is 336 g/mol. The first-order chi connectivity index (χ1) is 11.9. The summed E-state index contributed by atoms with van der Waals surface area (Å²) in [4.78, 5) is 35.3. The van der Waals surface area contributed by atoms with Crippen molar-refractivity contribution in [3.63, 3.8) is 0 Å². The molecule has 0 bridgehead atoms. The van der Waals surface area contributed by atoms with Crippen LogP contribution in [0.1, 0.15) is 20.7 Å². The first-order valence-corrected chi connectivity index (χ1v) is 7.02. The standard InChI is InChI=1S/C17H13F2NO5/c1-24-13-8-3-2-5-10(13)16(22)20-14(21)9-25-17(23)15-11(18)6-4-7-12(15)19/h2-8H,9H2,1H3,(H,20,21,22). The lowest BCUT2D eigenvalue weighted by atomic mass is 10.2. The van der Waals surface area contributed by atoms with E-state index in [-0.39, 0.29) is 11.3 Å². The van der Waals surface area contributed by atoms with Crippen molar-refractivity contribution < 1.29 is 32.6 Å². The molecule has 0 unspecified atom stereocenters. The zero-order valence-electron chi connectivity index (χ0n) is 13.0. The van der Waals surface area contributed by atoms with Crippen molar-refractivity contribution in [2.45, 2.75) is 0 Å². The Balaban J connectivity index is 1.97. The molecule has 0 heterocycles. The third-order valence-corrected chi connectivity index (χ3v) is 3.11. The van der Waals surface area contributed by atoms with E-state index in [0.717, 1.165) is 18.2 Å². The van der Waals surface area contributed by atoms with Crippen molar-refractivity contribution in [2.75, 3.05) is 13.7 Å². The number of imide groups is 1. The zero-order chi connectivity index (χ0) is 18.4. The van der Waals surface area contributed by atoms with Crippen LogP contribution in [0.4, 0.5) is 8.78 Å². The molecule has 2 aromatic carbocycles. The Morgan fingerprint density at radius 3 is 2.28 bits per heavy atom. The number of nitrogens with one attached hydrogen (secondary N) is 1. The maximum absolute atomic E-state index is 13.4. The molecule has 0 saturated heterocycles. The number of carbonyl (C=O) groups is 3. The normalized spacial score (nSPS) is 10.0. The minimum atomic E-state index is -1.35. The van der Waals surface area contributed by atoms with Crippen LogP contribution >= 0.6 is 0 Å². The molecule has 0 fully saturated rings. The van der Waals surface area contributed by atoms with Crippen molar-refractivity contribution in [3.8, 4) is 5.75 Å². The van der Waals surface area contributed by atoms with Crippen molar-refractivity contribution in [1.82, 2.24) is 5.32 Å². The van der Waals surface area contributed by atoms with Crippen LogP contribution in [0.25, 0.3) is 0 Å². The highest BCUT2D eigenvalue weighted by atomic mass is 19.1. The molecular formula is C17H13F2NO5. The molecule has 2 aromatic rings. The van der Waals surface area contributed by atoms with Crippen molar-refractivity contribution in [3.05, 3.63) is 65.2 Å². The monoisotopic (exact) mass is 349 g/mol. The van der Waals surface area contributed by atoms with Gasteiger partial charge in [-0.2, -0.15) is 0 Å². The van der Waals surface area contributed by atoms with Gasteiger partial charge in [-0.15, -0.1) is 0 Å². The summed E-state index contributed by atoms with van der Waals surface area (Å²) in [6, 6.07) is 9.02. The Morgan fingerprint density at radius 1 is 1.00 bits per heavy atom. The highest BCUT2D eigenvalue weighted by Gasteiger charge is 2.20. The highest BCUT2D eigenvalue weighted by Crippen LogP contribution is 2.17. The Hall–Kier alpha value is -3.29. The summed E-state index contributed by atoms with van der Waals surface area (Å²) in [5, 5.41) is 1.98. The number of ether oxygens (including phenoxy) is 2. The quantitative estimate of drug-likeness (QED) is 0.836. The van der Waals surface area contributed by atoms with Gasteiger partial charge < -0.3 is 9.47 Å². The van der Waals surface area contributed by atoms with Gasteiger partial charge in [0.1, 0.15) is 22.9 Å². The lowest BCUT2D eigenvalue weighted by Gasteiger charge is -2.09. The highest BCUT2D eigenvalue weighted by molar-refractivity contribution is 6.07. The van der Waals surface area contributed by atoms with Crippen LogP contribution in [0.15, 0.2) is 42.5 Å². The molecule has 0 aromatic heterocycles. The van der Waals surface area contributed by atoms with Gasteiger partial charge in [0.2, 0.25) is 0 Å². The summed E-state index contributed by atoms with van der Waals surface area (Å²) in [6.07, 6.45) is 0. The minimum absolute atomic E-state index is 0.102. The van der Waals surface area contributed by atoms with E-state index >= 15 is 0 Å². The second-order valence-electron chi connectivity index (χ2n) is 4.75. The Morgan fingerprint density at radius 2 is 1.64 bits per heavy atom. The lowest BCUT2D eigenvalue weighted by Crippen LogP contribution is -2.34. The molecule has 130 valence electrons. The number of para-hydroxylation sites is 1. The van der Waals surface area contributed by atoms with E-state index < -0.39 is 41.6 Å². The van der Waals surface area contributed by atoms with Crippen molar-refractivity contribution in [1.29, 1.82) is 0 Å². The molecule has 0 aliphatic rings. The van der Waals surface area contributed by atoms with E-state index in [9.17, 15) is 23.2 Å². The molecule has 0 aliphatic carbocycles. The molecule has 25 heavy (non-hydrogen) atoms. The van der Waals surface area contributed by atoms with E-state index in [2.05, 4.69) is 4.74 Å². The number of amides is 2. The summed E-state index contributed by atoms with van der Waals surface area (Å²) in [6.45, 7) is -0.881. The predicted octanol–water partition coefficient (Wildman–Crippen LogP) is 2.09. The third kappa shape index (κ3) is 4.37. The van der Waals surface area contributed by atoms with Gasteiger partial charge >= 0.3 is 5.97 Å². The van der Waals surface area contributed by atoms with Gasteiger partial charge in [-0.1, -0.05) is 18.2 Å². The fourth-order valence-electron chi connectivity index (χ4n) is 1.96. The summed E-state index contributed by atoms with van der Waals surface area (Å²) < 4.78 is 36.4. The molecule has 2 amide bonds. The number of hydrogen-bond acceptors (Lipinski definition) is 5. The number of esters is 1. The summed E-state index contributed by atoms with van der Waals surface area (Å²) >= 11 is 0. The van der Waals surface area contributed by atoms with E-state index in [4.69, 9.17) is 4.74 Å². The van der Waals surface area contributed by atoms with E-state index in [0.29, 0.717) is 0 Å². The Bertz CT molecular complexity index is 802. The number of benzene rings is 2. The van der Waals surface area contributed by atoms with Gasteiger partial charge in [-0.3, -0.25) is 14.9 Å². The smallest absolute Gasteiger partial charge is 0.344 e. The number of carbonyl (C=O) groups excluding carboxylic acids is 3. The minimum Gasteiger partial charge on any atom is -0.496 e. The first kappa shape index (κ1) is 18.1. The van der Waals surface area contributed by atoms with Gasteiger partial charge in [0.25, 0.3) is 11.8 Å². The average Bonchev–Trinajstić information content (AvgIpc) is 2.59. The second kappa shape index (κ2) is 8.00. The van der Waals surface area contributed by atoms with Gasteiger partial charge in [0.05, 0.1) is 12.7 Å². The van der Waals surface area contributed by atoms with Gasteiger partial charge in [0.15, 0.2) is 6.61 Å². The van der Waals surface area contributed by atoms with Gasteiger partial charge in [-0.05, 0) is 24.3 Å². The van der Waals surface area contributed by atoms with Crippen LogP contribution in [0.5, 0.6) is 5.75 Å². The maximum atomic E-state index is 13.4. The average molecular weight is 349 g/mol. The van der Waals surface area contributed by atoms with Crippen molar-refractivity contribution >= 4 is 17.8 Å². The lowest BCUT2D eigenvalue weighted by molar-refractivity contribution is -0.123. The summed E-state index contributed by atoms with van der Waals surface area (Å²) in [7, 11) is 1.36. The van der Waals surface area contributed by atoms with Crippen LogP contribution in [0, 0.1) is 11.6 Å². The van der Waals surface area contributed by atoms with Crippen LogP contribution < -0.4 is 10.1 Å². The van der Waals surface area contributed by atoms with E-state index in [1.54, 1.807) is 12.1 Å². The van der Waals surface area contributed by atoms with E-state index in [1.165, 1.54) is 19.2 Å². The molecule has 0 spiro atoms. The molecule has 1 N–H and O–H groups in total. The van der Waals surface area contributed by atoms with E-state index in [1.807, 2.05) is 5.32 Å². The van der Waals surface area contributed by atoms with Crippen LogP contribution in [0.2, 0.25) is 0 Å². The predicted molar refractivity (Wildman–Crippen MR) is 82.1 cm³/mol. The summed E-state index contributed by atoms with van der Waals surface area (Å²) in [5.74, 6) is -5.06. The largest absolute Gasteiger partial charge is 0.496 e. The molecule has 0 atom stereocenters. The number of hydrogen-bond donors (Lipinski definition) is 1. The Kier molecular flexibility index (Phi) is 5.78. The van der Waals surface area contributed by atoms with Gasteiger partial charge in [-0.25, -0.2) is 13.6 Å². The van der Waals surface area contributed by atoms with Crippen LogP contribution in [-0.4, -0.2) is 31.5 Å². The molecule has 0 aliphatic heterocycles. The maximum Gasteiger partial charge on any atom is 0.344 e. The SMILES string of the molecule is COc1ccccc1C(=O)NC(=O)COC(=O)c1c(F)cccc1F. The first-order valence-electron chi connectivity index (χ1n) is 7.02. The molecule has 8 heteroatoms. The fraction of sp³-hybridized carbons (Fsp3) is 0.118. The number of halogens is 2. The third-order valence-electron chi connectivity index (χ3n) is 3.11. The number of rotatable bonds is 5. The Labute approximate surface area is 141 Å². The summed E-state index contributed by atoms with van der Waals surface area (Å²) in [5.41, 5.74) is -0.809. The molecule has 0 radical (unpaired) electrons.